The van der Waals surface area contributed by atoms with Gasteiger partial charge in [-0.1, -0.05) is 136 Å². The number of β-lactam (4-membered cyclic amide) rings is 1. The monoisotopic (exact) mass is 1900 g/mol. The molecule has 4 spiro atoms. The molecule has 20 amide bonds. The van der Waals surface area contributed by atoms with E-state index < -0.39 is 323 Å². The van der Waals surface area contributed by atoms with Crippen LogP contribution in [0.25, 0.3) is 0 Å². The summed E-state index contributed by atoms with van der Waals surface area (Å²) in [5.74, 6) is -24.4. The van der Waals surface area contributed by atoms with Gasteiger partial charge in [0, 0.05) is 0 Å². The van der Waals surface area contributed by atoms with Crippen LogP contribution >= 0.6 is 0 Å². The zero-order valence-corrected chi connectivity index (χ0v) is 78.5. The molecular weight excluding hydrogens is 1770 g/mol. The van der Waals surface area contributed by atoms with Crippen LogP contribution in [0.3, 0.4) is 0 Å². The predicted molar refractivity (Wildman–Crippen MR) is 466 cm³/mol. The Hall–Kier alpha value is -12.2. The average Bonchev–Trinajstić information content (AvgIpc) is 1.57. The van der Waals surface area contributed by atoms with Crippen molar-refractivity contribution < 1.29 is 135 Å². The number of aliphatic hydroxyl groups excluding tert-OH is 4. The molecule has 52 heteroatoms. The SMILES string of the molecule is CC[C@H](C)[C@@H]1NC(=O)C(CO)NC(=O)[C@H](C(C)C)NC(=O)NC2(NC2=O)N[C@@H](C)C(=O)C1=O.CC[C@H](C)[C@@H]1NC(=O)C(CO)NC(=O)[C@H](C(C)C)NC(=O)NC2(NC2=O)N[C@@H](C)C(=O)C1=O.CC[C@H](C)[C@@H]1NC(=O)C(CO)NC(=O)[C@H](C(C)C)NC(=O)NC2(NC2=O)N[C@@H](C)C(=O)C1=O.CC[C@H](C)[C@@H]1NC(=O)C(CO)NC(=O)[C@H](C(C)C)NC(=O)NCC2(CC(=O)N2)N[C@@H](C)C(=O)C1=O. The predicted octanol–water partition coefficient (Wildman–Crippen LogP) is -10.6. The molecule has 24 atom stereocenters. The molecule has 8 aliphatic heterocycles. The number of hydrogen-bond donors (Lipinski definition) is 28. The first-order valence-corrected chi connectivity index (χ1v) is 44.3. The Morgan fingerprint density at radius 1 is 0.261 bits per heavy atom. The summed E-state index contributed by atoms with van der Waals surface area (Å²) in [6.07, 6.45) is 1.76. The summed E-state index contributed by atoms with van der Waals surface area (Å²) in [5.41, 5.74) is -1.16. The normalized spacial score (nSPS) is 32.6. The molecule has 0 bridgehead atoms. The van der Waals surface area contributed by atoms with Crippen molar-refractivity contribution in [3.05, 3.63) is 0 Å². The largest absolute Gasteiger partial charge is 0.394 e. The summed E-state index contributed by atoms with van der Waals surface area (Å²) in [5, 5.41) is 97.9. The third kappa shape index (κ3) is 28.9. The van der Waals surface area contributed by atoms with E-state index in [0.29, 0.717) is 25.7 Å². The fraction of sp³-hybridized carbons (Fsp3) is 0.707. The molecule has 748 valence electrons. The van der Waals surface area contributed by atoms with Gasteiger partial charge in [0.1, 0.15) is 54.0 Å². The van der Waals surface area contributed by atoms with Crippen molar-refractivity contribution in [2.75, 3.05) is 33.0 Å². The summed E-state index contributed by atoms with van der Waals surface area (Å²) >= 11 is 0. The molecule has 0 aromatic rings. The maximum atomic E-state index is 13.1. The standard InChI is InChI=1S/C22H36N6O7.3C20H32N6O7/c1-6-11(4)16-18(32)17(31)12(5)27-22(7-14(30)28-22)9-23-21(35)26-15(10(2)3)20(34)24-13(8-29)19(33)25-16;3*1-6-9(4)13-15(29)14(28)10(5)24-20(18(32)25-20)26-19(33)23-12(8(2)3)17(31)21-11(7-27)16(30)22-13/h10-13,15-16,27,29H,6-9H2,1-5H3,(H,24,34)(H,25,33)(H,28,30)(H2,23,26,35);3*8-13,24,27H,6-7H2,1-5H3,(H,21,31)(H,22,30)(H,25,32)(H2,23,26,33)/t11-,12-,13?,15-,16-,22?;3*9-,10-,11?,12-,13-,20?/m0000/s1. The number of rotatable bonds is 16. The first-order chi connectivity index (χ1) is 62.4. The number of Topliss-reactive ketones (excluding diaryl/α,β-unsaturated/α-hetero) is 8. The molecule has 8 unspecified atom stereocenters. The summed E-state index contributed by atoms with van der Waals surface area (Å²) in [4.78, 5) is 303. The van der Waals surface area contributed by atoms with E-state index in [1.54, 1.807) is 111 Å². The van der Waals surface area contributed by atoms with Crippen LogP contribution in [0.15, 0.2) is 0 Å². The van der Waals surface area contributed by atoms with Gasteiger partial charge in [-0.3, -0.25) is 133 Å². The van der Waals surface area contributed by atoms with E-state index in [1.807, 2.05) is 0 Å². The minimum Gasteiger partial charge on any atom is -0.394 e. The summed E-state index contributed by atoms with van der Waals surface area (Å²) in [6.45, 7) is 29.4. The molecule has 52 nitrogen and oxygen atoms in total. The van der Waals surface area contributed by atoms with Crippen molar-refractivity contribution in [3.8, 4) is 0 Å². The first kappa shape index (κ1) is 112. The molecule has 0 aliphatic carbocycles. The van der Waals surface area contributed by atoms with Gasteiger partial charge in [-0.05, 0) is 75.0 Å². The van der Waals surface area contributed by atoms with Crippen LogP contribution in [0.1, 0.15) is 171 Å². The van der Waals surface area contributed by atoms with Crippen molar-refractivity contribution in [2.24, 2.45) is 47.3 Å². The van der Waals surface area contributed by atoms with Crippen LogP contribution in [0.4, 0.5) is 19.2 Å². The van der Waals surface area contributed by atoms with Crippen molar-refractivity contribution in [3.63, 3.8) is 0 Å². The lowest BCUT2D eigenvalue weighted by Gasteiger charge is -2.44. The van der Waals surface area contributed by atoms with E-state index in [2.05, 4.69) is 128 Å². The summed E-state index contributed by atoms with van der Waals surface area (Å²) < 4.78 is 0. The van der Waals surface area contributed by atoms with Crippen molar-refractivity contribution >= 4 is 141 Å². The molecule has 28 N–H and O–H groups in total. The van der Waals surface area contributed by atoms with Crippen molar-refractivity contribution in [2.45, 2.75) is 290 Å². The van der Waals surface area contributed by atoms with Gasteiger partial charge in [0.2, 0.25) is 99.4 Å². The maximum Gasteiger partial charge on any atom is 0.318 e. The van der Waals surface area contributed by atoms with E-state index in [1.165, 1.54) is 27.7 Å². The number of carbonyl (C=O) groups is 24. The molecule has 8 saturated heterocycles. The number of hydrogen-bond acceptors (Lipinski definition) is 32. The second-order valence-corrected chi connectivity index (χ2v) is 35.8. The maximum absolute atomic E-state index is 13.1. The van der Waals surface area contributed by atoms with Crippen LogP contribution in [-0.2, 0) is 95.9 Å². The van der Waals surface area contributed by atoms with E-state index >= 15 is 0 Å². The van der Waals surface area contributed by atoms with E-state index in [-0.39, 0.29) is 24.8 Å². The Morgan fingerprint density at radius 2 is 0.463 bits per heavy atom. The molecule has 0 saturated carbocycles. The number of ketones is 8. The third-order valence-electron chi connectivity index (χ3n) is 23.7. The van der Waals surface area contributed by atoms with Gasteiger partial charge in [-0.2, -0.15) is 0 Å². The van der Waals surface area contributed by atoms with Gasteiger partial charge in [0.25, 0.3) is 35.1 Å². The molecule has 8 aliphatic rings. The summed E-state index contributed by atoms with van der Waals surface area (Å²) in [7, 11) is 0. The van der Waals surface area contributed by atoms with Crippen LogP contribution in [0, 0.1) is 47.3 Å². The highest BCUT2D eigenvalue weighted by Crippen LogP contribution is 2.24. The van der Waals surface area contributed by atoms with Crippen LogP contribution in [-0.4, -0.2) is 314 Å². The van der Waals surface area contributed by atoms with Crippen molar-refractivity contribution in [1.82, 2.24) is 128 Å². The Kier molecular flexibility index (Phi) is 40.3. The third-order valence-corrected chi connectivity index (χ3v) is 23.7. The second kappa shape index (κ2) is 48.1. The topological polar surface area (TPSA) is 809 Å². The van der Waals surface area contributed by atoms with Crippen LogP contribution in [0.2, 0.25) is 0 Å². The zero-order chi connectivity index (χ0) is 102. The summed E-state index contributed by atoms with van der Waals surface area (Å²) in [6, 6.07) is -23.0. The zero-order valence-electron chi connectivity index (χ0n) is 78.5. The Labute approximate surface area is 772 Å². The Bertz CT molecular complexity index is 4180. The van der Waals surface area contributed by atoms with E-state index in [4.69, 9.17) is 0 Å². The van der Waals surface area contributed by atoms with Gasteiger partial charge in [-0.15, -0.1) is 0 Å². The lowest BCUT2D eigenvalue weighted by Crippen LogP contribution is -2.76. The second-order valence-electron chi connectivity index (χ2n) is 35.8. The lowest BCUT2D eigenvalue weighted by molar-refractivity contribution is -0.143. The fourth-order valence-corrected chi connectivity index (χ4v) is 14.2. The number of amides is 20. The minimum atomic E-state index is -1.78. The minimum absolute atomic E-state index is 0.0447. The van der Waals surface area contributed by atoms with E-state index in [0.717, 1.165) is 0 Å². The highest BCUT2D eigenvalue weighted by atomic mass is 16.3. The lowest BCUT2D eigenvalue weighted by atomic mass is 9.89. The first-order valence-electron chi connectivity index (χ1n) is 44.3. The molecular formula is C82H132N24O28. The molecule has 8 fully saturated rings. The average molecular weight is 1900 g/mol. The Morgan fingerprint density at radius 3 is 0.642 bits per heavy atom. The van der Waals surface area contributed by atoms with Crippen molar-refractivity contribution in [1.29, 1.82) is 0 Å². The molecule has 0 aromatic carbocycles. The van der Waals surface area contributed by atoms with Gasteiger partial charge >= 0.3 is 24.1 Å². The van der Waals surface area contributed by atoms with Gasteiger partial charge in [-0.25, -0.2) is 19.2 Å². The molecule has 8 rings (SSSR count). The molecule has 0 radical (unpaired) electrons. The number of carbonyl (C=O) groups excluding carboxylic acids is 24. The van der Waals surface area contributed by atoms with Gasteiger partial charge in [0.05, 0.1) is 87.7 Å². The van der Waals surface area contributed by atoms with Crippen LogP contribution in [0.5, 0.6) is 0 Å². The van der Waals surface area contributed by atoms with Crippen LogP contribution < -0.4 is 128 Å². The smallest absolute Gasteiger partial charge is 0.318 e. The fourth-order valence-electron chi connectivity index (χ4n) is 14.2. The number of aliphatic hydroxyl groups is 4. The number of nitrogens with one attached hydrogen (secondary N) is 24. The van der Waals surface area contributed by atoms with Gasteiger partial charge in [0.15, 0.2) is 0 Å². The van der Waals surface area contributed by atoms with Gasteiger partial charge < -0.3 is 111 Å². The molecule has 0 aromatic heterocycles. The molecule has 134 heavy (non-hydrogen) atoms. The van der Waals surface area contributed by atoms with E-state index in [9.17, 15) is 135 Å². The Balaban J connectivity index is 0.000000316. The quantitative estimate of drug-likeness (QED) is 0.0388. The molecule has 8 heterocycles. The highest BCUT2D eigenvalue weighted by Gasteiger charge is 2.61. The highest BCUT2D eigenvalue weighted by molar-refractivity contribution is 6.43. The number of urea groups is 4.